The Morgan fingerprint density at radius 3 is 2.63 bits per heavy atom. The molecule has 0 N–H and O–H groups in total. The normalized spacial score (nSPS) is 10.3. The first-order valence-electron chi connectivity index (χ1n) is 5.94. The number of anilines is 1. The molecule has 1 aromatic rings. The summed E-state index contributed by atoms with van der Waals surface area (Å²) in [6, 6.07) is 3.87. The molecule has 19 heavy (non-hydrogen) atoms. The van der Waals surface area contributed by atoms with Gasteiger partial charge in [0.2, 0.25) is 5.91 Å². The third kappa shape index (κ3) is 3.55. The van der Waals surface area contributed by atoms with E-state index in [1.54, 1.807) is 7.11 Å². The Labute approximate surface area is 118 Å². The molecule has 0 unspecified atom stereocenters. The zero-order chi connectivity index (χ0) is 14.4. The lowest BCUT2D eigenvalue weighted by Crippen LogP contribution is -2.34. The van der Waals surface area contributed by atoms with Crippen molar-refractivity contribution in [1.82, 2.24) is 0 Å². The van der Waals surface area contributed by atoms with Gasteiger partial charge in [-0.15, -0.1) is 11.6 Å². The summed E-state index contributed by atoms with van der Waals surface area (Å²) in [5.74, 6) is -0.434. The highest BCUT2D eigenvalue weighted by atomic mass is 35.5. The number of methoxy groups -OCH3 is 1. The fraction of sp³-hybridized carbons (Fsp3) is 0.429. The van der Waals surface area contributed by atoms with Gasteiger partial charge in [0.25, 0.3) is 0 Å². The second-order valence-electron chi connectivity index (χ2n) is 4.25. The fourth-order valence-corrected chi connectivity index (χ4v) is 2.21. The maximum Gasteiger partial charge on any atom is 0.242 e. The van der Waals surface area contributed by atoms with Crippen LogP contribution < -0.4 is 4.90 Å². The molecule has 0 aromatic heterocycles. The summed E-state index contributed by atoms with van der Waals surface area (Å²) < 4.78 is 5.13. The van der Waals surface area contributed by atoms with E-state index in [-0.39, 0.29) is 18.3 Å². The lowest BCUT2D eigenvalue weighted by Gasteiger charge is -2.25. The molecule has 0 saturated heterocycles. The first-order valence-corrected chi connectivity index (χ1v) is 6.48. The molecule has 0 heterocycles. The van der Waals surface area contributed by atoms with Crippen LogP contribution in [0, 0.1) is 13.8 Å². The van der Waals surface area contributed by atoms with Crippen molar-refractivity contribution in [2.45, 2.75) is 20.5 Å². The van der Waals surface area contributed by atoms with E-state index in [0.717, 1.165) is 22.4 Å². The van der Waals surface area contributed by atoms with Gasteiger partial charge in [-0.05, 0) is 30.5 Å². The van der Waals surface area contributed by atoms with Gasteiger partial charge in [0.05, 0.1) is 18.8 Å². The molecule has 0 spiro atoms. The number of halogens is 1. The molecule has 1 aromatic carbocycles. The SMILES string of the molecule is COCc1ccc(C)c(N(CC=O)C(=O)CCl)c1C. The van der Waals surface area contributed by atoms with Gasteiger partial charge in [0, 0.05) is 7.11 Å². The standard InChI is InChI=1S/C14H18ClNO3/c1-10-4-5-12(9-19-3)11(2)14(10)16(6-7-17)13(18)8-15/h4-5,7H,6,8-9H2,1-3H3. The van der Waals surface area contributed by atoms with E-state index in [0.29, 0.717) is 12.9 Å². The summed E-state index contributed by atoms with van der Waals surface area (Å²) in [4.78, 5) is 24.1. The first kappa shape index (κ1) is 15.7. The molecule has 4 nitrogen and oxygen atoms in total. The van der Waals surface area contributed by atoms with Crippen LogP contribution in [0.2, 0.25) is 0 Å². The van der Waals surface area contributed by atoms with Crippen molar-refractivity contribution in [3.05, 3.63) is 28.8 Å². The van der Waals surface area contributed by atoms with Crippen molar-refractivity contribution in [3.63, 3.8) is 0 Å². The van der Waals surface area contributed by atoms with Crippen molar-refractivity contribution >= 4 is 29.5 Å². The Kier molecular flexibility index (Phi) is 5.99. The van der Waals surface area contributed by atoms with Crippen LogP contribution in [0.4, 0.5) is 5.69 Å². The summed E-state index contributed by atoms with van der Waals surface area (Å²) >= 11 is 5.61. The van der Waals surface area contributed by atoms with E-state index >= 15 is 0 Å². The molecule has 1 amide bonds. The Hall–Kier alpha value is -1.39. The summed E-state index contributed by atoms with van der Waals surface area (Å²) in [7, 11) is 1.62. The van der Waals surface area contributed by atoms with Crippen LogP contribution in [0.5, 0.6) is 0 Å². The second-order valence-corrected chi connectivity index (χ2v) is 4.52. The number of aldehydes is 1. The van der Waals surface area contributed by atoms with Gasteiger partial charge < -0.3 is 14.4 Å². The molecular formula is C14H18ClNO3. The summed E-state index contributed by atoms with van der Waals surface area (Å²) in [5, 5.41) is 0. The Balaban J connectivity index is 3.31. The second kappa shape index (κ2) is 7.26. The zero-order valence-electron chi connectivity index (χ0n) is 11.4. The number of hydrogen-bond acceptors (Lipinski definition) is 3. The molecule has 1 rings (SSSR count). The van der Waals surface area contributed by atoms with Crippen LogP contribution in [0.1, 0.15) is 16.7 Å². The van der Waals surface area contributed by atoms with Crippen LogP contribution in [-0.4, -0.2) is 31.7 Å². The Morgan fingerprint density at radius 2 is 2.11 bits per heavy atom. The molecule has 0 saturated carbocycles. The number of carbonyl (C=O) groups excluding carboxylic acids is 2. The highest BCUT2D eigenvalue weighted by Crippen LogP contribution is 2.28. The molecule has 0 radical (unpaired) electrons. The maximum absolute atomic E-state index is 11.9. The number of ether oxygens (including phenoxy) is 1. The monoisotopic (exact) mass is 283 g/mol. The molecule has 0 aliphatic heterocycles. The minimum Gasteiger partial charge on any atom is -0.380 e. The number of carbonyl (C=O) groups is 2. The number of aryl methyl sites for hydroxylation is 1. The molecular weight excluding hydrogens is 266 g/mol. The van der Waals surface area contributed by atoms with Crippen molar-refractivity contribution in [3.8, 4) is 0 Å². The molecule has 0 aliphatic rings. The molecule has 0 aliphatic carbocycles. The number of benzene rings is 1. The summed E-state index contributed by atoms with van der Waals surface area (Å²) in [6.07, 6.45) is 0.701. The third-order valence-electron chi connectivity index (χ3n) is 2.99. The molecule has 0 fully saturated rings. The number of alkyl halides is 1. The average molecular weight is 284 g/mol. The largest absolute Gasteiger partial charge is 0.380 e. The Bertz CT molecular complexity index is 474. The lowest BCUT2D eigenvalue weighted by molar-refractivity contribution is -0.117. The summed E-state index contributed by atoms with van der Waals surface area (Å²) in [5.41, 5.74) is 3.59. The predicted molar refractivity (Wildman–Crippen MR) is 75.8 cm³/mol. The number of hydrogen-bond donors (Lipinski definition) is 0. The molecule has 0 bridgehead atoms. The van der Waals surface area contributed by atoms with E-state index in [2.05, 4.69) is 0 Å². The van der Waals surface area contributed by atoms with Gasteiger partial charge in [-0.2, -0.15) is 0 Å². The minimum absolute atomic E-state index is 0.00364. The summed E-state index contributed by atoms with van der Waals surface area (Å²) in [6.45, 7) is 4.28. The van der Waals surface area contributed by atoms with Crippen LogP contribution in [0.25, 0.3) is 0 Å². The van der Waals surface area contributed by atoms with Gasteiger partial charge in [0.15, 0.2) is 0 Å². The van der Waals surface area contributed by atoms with E-state index in [9.17, 15) is 9.59 Å². The molecule has 0 atom stereocenters. The van der Waals surface area contributed by atoms with Gasteiger partial charge in [0.1, 0.15) is 12.2 Å². The van der Waals surface area contributed by atoms with E-state index in [1.807, 2.05) is 26.0 Å². The van der Waals surface area contributed by atoms with E-state index in [4.69, 9.17) is 16.3 Å². The first-order chi connectivity index (χ1) is 9.06. The average Bonchev–Trinajstić information content (AvgIpc) is 2.40. The van der Waals surface area contributed by atoms with Gasteiger partial charge in [-0.3, -0.25) is 4.79 Å². The van der Waals surface area contributed by atoms with Gasteiger partial charge >= 0.3 is 0 Å². The van der Waals surface area contributed by atoms with Gasteiger partial charge in [-0.25, -0.2) is 0 Å². The van der Waals surface area contributed by atoms with Crippen molar-refractivity contribution in [2.75, 3.05) is 24.4 Å². The highest BCUT2D eigenvalue weighted by molar-refractivity contribution is 6.29. The highest BCUT2D eigenvalue weighted by Gasteiger charge is 2.19. The van der Waals surface area contributed by atoms with Crippen molar-refractivity contribution in [2.24, 2.45) is 0 Å². The maximum atomic E-state index is 11.9. The van der Waals surface area contributed by atoms with E-state index in [1.165, 1.54) is 4.90 Å². The minimum atomic E-state index is -0.283. The van der Waals surface area contributed by atoms with Crippen LogP contribution in [-0.2, 0) is 20.9 Å². The third-order valence-corrected chi connectivity index (χ3v) is 3.22. The van der Waals surface area contributed by atoms with Gasteiger partial charge in [-0.1, -0.05) is 12.1 Å². The fourth-order valence-electron chi connectivity index (χ4n) is 2.07. The van der Waals surface area contributed by atoms with Crippen LogP contribution in [0.3, 0.4) is 0 Å². The topological polar surface area (TPSA) is 46.6 Å². The number of nitrogens with zero attached hydrogens (tertiary/aromatic N) is 1. The van der Waals surface area contributed by atoms with Crippen molar-refractivity contribution in [1.29, 1.82) is 0 Å². The Morgan fingerprint density at radius 1 is 1.42 bits per heavy atom. The predicted octanol–water partition coefficient (Wildman–Crippen LogP) is 2.22. The zero-order valence-corrected chi connectivity index (χ0v) is 12.2. The molecule has 5 heteroatoms. The van der Waals surface area contributed by atoms with Crippen LogP contribution in [0.15, 0.2) is 12.1 Å². The lowest BCUT2D eigenvalue weighted by atomic mass is 10.0. The molecule has 104 valence electrons. The van der Waals surface area contributed by atoms with Crippen LogP contribution >= 0.6 is 11.6 Å². The number of amides is 1. The quantitative estimate of drug-likeness (QED) is 0.594. The smallest absolute Gasteiger partial charge is 0.242 e. The van der Waals surface area contributed by atoms with E-state index < -0.39 is 0 Å². The van der Waals surface area contributed by atoms with Crippen molar-refractivity contribution < 1.29 is 14.3 Å². The number of rotatable bonds is 6.